The second-order valence-electron chi connectivity index (χ2n) is 6.27. The number of carbonyl (C=O) groups excluding carboxylic acids is 2. The number of hydrogen-bond acceptors (Lipinski definition) is 5. The summed E-state index contributed by atoms with van der Waals surface area (Å²) in [5, 5.41) is 5.30. The van der Waals surface area contributed by atoms with Gasteiger partial charge in [0.05, 0.1) is 11.0 Å². The van der Waals surface area contributed by atoms with Crippen LogP contribution in [0.15, 0.2) is 46.9 Å². The number of nitrogens with one attached hydrogen (secondary N) is 2. The van der Waals surface area contributed by atoms with Crippen molar-refractivity contribution in [3.05, 3.63) is 53.9 Å². The van der Waals surface area contributed by atoms with Gasteiger partial charge in [0.15, 0.2) is 11.5 Å². The third-order valence-electron chi connectivity index (χ3n) is 3.93. The van der Waals surface area contributed by atoms with Crippen molar-refractivity contribution in [3.8, 4) is 0 Å². The lowest BCUT2D eigenvalue weighted by atomic mass is 10.2. The number of anilines is 2. The molecule has 0 radical (unpaired) electrons. The van der Waals surface area contributed by atoms with Crippen molar-refractivity contribution in [3.63, 3.8) is 0 Å². The van der Waals surface area contributed by atoms with E-state index < -0.39 is 0 Å². The Morgan fingerprint density at radius 3 is 2.52 bits per heavy atom. The van der Waals surface area contributed by atoms with Gasteiger partial charge >= 0.3 is 0 Å². The van der Waals surface area contributed by atoms with Crippen LogP contribution in [0.3, 0.4) is 0 Å². The first-order valence-electron chi connectivity index (χ1n) is 8.57. The highest BCUT2D eigenvalue weighted by atomic mass is 32.2. The van der Waals surface area contributed by atoms with Gasteiger partial charge in [0.2, 0.25) is 11.8 Å². The van der Waals surface area contributed by atoms with Gasteiger partial charge in [0.25, 0.3) is 0 Å². The van der Waals surface area contributed by atoms with Gasteiger partial charge in [-0.3, -0.25) is 9.59 Å². The summed E-state index contributed by atoms with van der Waals surface area (Å²) in [7, 11) is 0. The van der Waals surface area contributed by atoms with E-state index in [9.17, 15) is 9.59 Å². The highest BCUT2D eigenvalue weighted by Crippen LogP contribution is 2.21. The minimum absolute atomic E-state index is 0.136. The van der Waals surface area contributed by atoms with Gasteiger partial charge in [0.1, 0.15) is 5.52 Å². The Morgan fingerprint density at radius 2 is 1.78 bits per heavy atom. The first-order valence-corrected chi connectivity index (χ1v) is 9.62. The fourth-order valence-electron chi connectivity index (χ4n) is 2.47. The summed E-state index contributed by atoms with van der Waals surface area (Å²) in [4.78, 5) is 28.7. The van der Waals surface area contributed by atoms with Gasteiger partial charge < -0.3 is 15.1 Å². The van der Waals surface area contributed by atoms with E-state index in [0.29, 0.717) is 22.7 Å². The Hall–Kier alpha value is -2.80. The number of amides is 2. The fraction of sp³-hybridized carbons (Fsp3) is 0.250. The van der Waals surface area contributed by atoms with E-state index in [1.165, 1.54) is 11.8 Å². The SMILES string of the molecule is Cc1ccc(NC(=O)CSC(C)C(=O)Nc2ccc3oc(C)nc3c2)cc1. The fourth-order valence-corrected chi connectivity index (χ4v) is 3.16. The molecular formula is C20H21N3O3S. The number of hydrogen-bond donors (Lipinski definition) is 2. The van der Waals surface area contributed by atoms with Gasteiger partial charge in [-0.15, -0.1) is 11.8 Å². The van der Waals surface area contributed by atoms with E-state index >= 15 is 0 Å². The highest BCUT2D eigenvalue weighted by molar-refractivity contribution is 8.01. The molecule has 0 fully saturated rings. The predicted molar refractivity (Wildman–Crippen MR) is 109 cm³/mol. The molecule has 0 aliphatic rings. The molecule has 0 aliphatic heterocycles. The Bertz CT molecular complexity index is 966. The lowest BCUT2D eigenvalue weighted by Gasteiger charge is -2.12. The average Bonchev–Trinajstić information content (AvgIpc) is 3.01. The minimum Gasteiger partial charge on any atom is -0.441 e. The van der Waals surface area contributed by atoms with E-state index in [-0.39, 0.29) is 22.8 Å². The summed E-state index contributed by atoms with van der Waals surface area (Å²) >= 11 is 1.28. The second-order valence-corrected chi connectivity index (χ2v) is 7.60. The molecule has 1 atom stereocenters. The number of rotatable bonds is 6. The van der Waals surface area contributed by atoms with Crippen molar-refractivity contribution in [1.29, 1.82) is 0 Å². The molecule has 2 amide bonds. The molecule has 0 spiro atoms. The zero-order valence-electron chi connectivity index (χ0n) is 15.4. The van der Waals surface area contributed by atoms with Crippen LogP contribution in [0.4, 0.5) is 11.4 Å². The Labute approximate surface area is 161 Å². The maximum Gasteiger partial charge on any atom is 0.237 e. The standard InChI is InChI=1S/C20H21N3O3S/c1-12-4-6-15(7-5-12)22-19(24)11-27-13(2)20(25)23-16-8-9-18-17(10-16)21-14(3)26-18/h4-10,13H,11H2,1-3H3,(H,22,24)(H,23,25). The molecule has 0 aliphatic carbocycles. The van der Waals surface area contributed by atoms with Crippen molar-refractivity contribution in [2.45, 2.75) is 26.0 Å². The summed E-state index contributed by atoms with van der Waals surface area (Å²) in [6, 6.07) is 12.9. The van der Waals surface area contributed by atoms with Crippen molar-refractivity contribution in [1.82, 2.24) is 4.98 Å². The number of aromatic nitrogens is 1. The molecule has 1 unspecified atom stereocenters. The van der Waals surface area contributed by atoms with Crippen LogP contribution in [0.25, 0.3) is 11.1 Å². The number of fused-ring (bicyclic) bond motifs is 1. The van der Waals surface area contributed by atoms with Crippen molar-refractivity contribution in [2.24, 2.45) is 0 Å². The molecule has 3 rings (SSSR count). The molecule has 0 saturated carbocycles. The molecule has 0 saturated heterocycles. The van der Waals surface area contributed by atoms with Crippen LogP contribution in [0, 0.1) is 13.8 Å². The molecule has 140 valence electrons. The summed E-state index contributed by atoms with van der Waals surface area (Å²) in [6.07, 6.45) is 0. The van der Waals surface area contributed by atoms with Crippen LogP contribution in [-0.2, 0) is 9.59 Å². The lowest BCUT2D eigenvalue weighted by molar-refractivity contribution is -0.115. The van der Waals surface area contributed by atoms with Gasteiger partial charge in [-0.2, -0.15) is 0 Å². The number of carbonyl (C=O) groups is 2. The first-order chi connectivity index (χ1) is 12.9. The summed E-state index contributed by atoms with van der Waals surface area (Å²) in [6.45, 7) is 5.54. The number of oxazole rings is 1. The minimum atomic E-state index is -0.372. The first kappa shape index (κ1) is 19.0. The average molecular weight is 383 g/mol. The molecule has 3 aromatic rings. The Balaban J connectivity index is 1.50. The van der Waals surface area contributed by atoms with E-state index in [0.717, 1.165) is 11.3 Å². The monoisotopic (exact) mass is 383 g/mol. The van der Waals surface area contributed by atoms with Crippen LogP contribution in [0.1, 0.15) is 18.4 Å². The third kappa shape index (κ3) is 5.10. The topological polar surface area (TPSA) is 84.2 Å². The second kappa shape index (κ2) is 8.26. The van der Waals surface area contributed by atoms with Crippen molar-refractivity contribution >= 4 is 46.1 Å². The largest absolute Gasteiger partial charge is 0.441 e. The van der Waals surface area contributed by atoms with Crippen molar-refractivity contribution < 1.29 is 14.0 Å². The smallest absolute Gasteiger partial charge is 0.237 e. The van der Waals surface area contributed by atoms with Gasteiger partial charge in [-0.25, -0.2) is 4.98 Å². The molecule has 27 heavy (non-hydrogen) atoms. The van der Waals surface area contributed by atoms with Crippen LogP contribution in [0.5, 0.6) is 0 Å². The van der Waals surface area contributed by atoms with Gasteiger partial charge in [0, 0.05) is 18.3 Å². The lowest BCUT2D eigenvalue weighted by Crippen LogP contribution is -2.25. The summed E-state index contributed by atoms with van der Waals surface area (Å²) < 4.78 is 5.42. The van der Waals surface area contributed by atoms with Crippen molar-refractivity contribution in [2.75, 3.05) is 16.4 Å². The molecule has 1 aromatic heterocycles. The number of benzene rings is 2. The summed E-state index contributed by atoms with van der Waals surface area (Å²) in [5.74, 6) is 0.479. The molecule has 6 nitrogen and oxygen atoms in total. The van der Waals surface area contributed by atoms with E-state index in [4.69, 9.17) is 4.42 Å². The van der Waals surface area contributed by atoms with Crippen LogP contribution >= 0.6 is 11.8 Å². The molecule has 0 bridgehead atoms. The quantitative estimate of drug-likeness (QED) is 0.668. The van der Waals surface area contributed by atoms with Crippen LogP contribution < -0.4 is 10.6 Å². The molecule has 2 aromatic carbocycles. The third-order valence-corrected chi connectivity index (χ3v) is 5.07. The number of nitrogens with zero attached hydrogens (tertiary/aromatic N) is 1. The molecular weight excluding hydrogens is 362 g/mol. The number of aryl methyl sites for hydroxylation is 2. The highest BCUT2D eigenvalue weighted by Gasteiger charge is 2.16. The molecule has 2 N–H and O–H groups in total. The zero-order valence-corrected chi connectivity index (χ0v) is 16.2. The zero-order chi connectivity index (χ0) is 19.4. The van der Waals surface area contributed by atoms with E-state index in [1.807, 2.05) is 31.2 Å². The normalized spacial score (nSPS) is 12.0. The van der Waals surface area contributed by atoms with Gasteiger partial charge in [-0.05, 0) is 44.2 Å². The summed E-state index contributed by atoms with van der Waals surface area (Å²) in [5.41, 5.74) is 3.91. The van der Waals surface area contributed by atoms with Crippen LogP contribution in [-0.4, -0.2) is 27.8 Å². The van der Waals surface area contributed by atoms with E-state index in [1.54, 1.807) is 32.0 Å². The Kier molecular flexibility index (Phi) is 5.81. The maximum atomic E-state index is 12.4. The van der Waals surface area contributed by atoms with Gasteiger partial charge in [-0.1, -0.05) is 17.7 Å². The predicted octanol–water partition coefficient (Wildman–Crippen LogP) is 4.14. The Morgan fingerprint density at radius 1 is 1.07 bits per heavy atom. The molecule has 1 heterocycles. The number of thioether (sulfide) groups is 1. The maximum absolute atomic E-state index is 12.4. The van der Waals surface area contributed by atoms with E-state index in [2.05, 4.69) is 15.6 Å². The molecule has 7 heteroatoms. The van der Waals surface area contributed by atoms with Crippen LogP contribution in [0.2, 0.25) is 0 Å².